The molecule has 9 nitrogen and oxygen atoms in total. The second-order valence-corrected chi connectivity index (χ2v) is 7.63. The first-order valence-electron chi connectivity index (χ1n) is 8.64. The van der Waals surface area contributed by atoms with Gasteiger partial charge in [-0.3, -0.25) is 29.8 Å². The number of hydrogen-bond acceptors (Lipinski definition) is 6. The van der Waals surface area contributed by atoms with Gasteiger partial charge < -0.3 is 0 Å². The molecule has 0 aliphatic rings. The minimum absolute atomic E-state index is 0.0202. The van der Waals surface area contributed by atoms with Crippen LogP contribution in [0.15, 0.2) is 38.9 Å². The molecule has 0 atom stereocenters. The van der Waals surface area contributed by atoms with Crippen LogP contribution in [0.4, 0.5) is 0 Å². The SMILES string of the molecule is CC(C)Cc1ccc(C(=O)NNC(=O)CSc2nn(C)c(=O)n(C)c2=O)cc1. The second kappa shape index (κ2) is 9.36. The predicted molar refractivity (Wildman–Crippen MR) is 106 cm³/mol. The third-order valence-electron chi connectivity index (χ3n) is 3.81. The number of aryl methyl sites for hydroxylation is 1. The number of benzene rings is 1. The Balaban J connectivity index is 1.88. The van der Waals surface area contributed by atoms with E-state index in [1.54, 1.807) is 12.1 Å². The van der Waals surface area contributed by atoms with Crippen LogP contribution in [0, 0.1) is 5.92 Å². The lowest BCUT2D eigenvalue weighted by Gasteiger charge is -2.09. The lowest BCUT2D eigenvalue weighted by atomic mass is 10.0. The number of thioether (sulfide) groups is 1. The van der Waals surface area contributed by atoms with Crippen molar-refractivity contribution in [1.29, 1.82) is 0 Å². The standard InChI is InChI=1S/C18H23N5O4S/c1-11(2)9-12-5-7-13(8-6-12)15(25)20-19-14(24)10-28-16-17(26)22(3)18(27)23(4)21-16/h5-8,11H,9-10H2,1-4H3,(H,19,24)(H,20,25). The van der Waals surface area contributed by atoms with E-state index in [1.807, 2.05) is 12.1 Å². The number of hydrogen-bond donors (Lipinski definition) is 2. The van der Waals surface area contributed by atoms with Gasteiger partial charge in [-0.15, -0.1) is 0 Å². The Hall–Kier alpha value is -2.88. The van der Waals surface area contributed by atoms with E-state index in [0.29, 0.717) is 11.5 Å². The quantitative estimate of drug-likeness (QED) is 0.525. The third-order valence-corrected chi connectivity index (χ3v) is 4.74. The van der Waals surface area contributed by atoms with Crippen LogP contribution in [0.2, 0.25) is 0 Å². The molecule has 1 aromatic heterocycles. The van der Waals surface area contributed by atoms with Gasteiger partial charge in [0.2, 0.25) is 5.91 Å². The first-order chi connectivity index (χ1) is 13.2. The normalized spacial score (nSPS) is 10.8. The van der Waals surface area contributed by atoms with Crippen molar-refractivity contribution in [3.05, 3.63) is 56.2 Å². The lowest BCUT2D eigenvalue weighted by molar-refractivity contribution is -0.119. The minimum atomic E-state index is -0.577. The largest absolute Gasteiger partial charge is 0.346 e. The molecule has 0 bridgehead atoms. The molecule has 0 spiro atoms. The summed E-state index contributed by atoms with van der Waals surface area (Å²) in [5.74, 6) is -0.568. The zero-order valence-corrected chi connectivity index (χ0v) is 17.0. The second-order valence-electron chi connectivity index (χ2n) is 6.66. The molecule has 2 aromatic rings. The molecule has 0 radical (unpaired) electrons. The van der Waals surface area contributed by atoms with Crippen LogP contribution in [-0.4, -0.2) is 31.9 Å². The van der Waals surface area contributed by atoms with Gasteiger partial charge in [0.15, 0.2) is 5.03 Å². The van der Waals surface area contributed by atoms with Crippen molar-refractivity contribution < 1.29 is 9.59 Å². The van der Waals surface area contributed by atoms with E-state index < -0.39 is 23.1 Å². The maximum absolute atomic E-state index is 12.1. The fourth-order valence-corrected chi connectivity index (χ4v) is 3.17. The summed E-state index contributed by atoms with van der Waals surface area (Å²) in [7, 11) is 2.75. The molecule has 1 aromatic carbocycles. The number of carbonyl (C=O) groups excluding carboxylic acids is 2. The summed E-state index contributed by atoms with van der Waals surface area (Å²) in [6, 6.07) is 7.17. The zero-order valence-electron chi connectivity index (χ0n) is 16.2. The molecule has 0 aliphatic carbocycles. The van der Waals surface area contributed by atoms with Crippen molar-refractivity contribution in [2.75, 3.05) is 5.75 Å². The molecule has 0 saturated carbocycles. The Bertz CT molecular complexity index is 979. The van der Waals surface area contributed by atoms with Gasteiger partial charge in [0.1, 0.15) is 0 Å². The van der Waals surface area contributed by atoms with Crippen LogP contribution in [0.25, 0.3) is 0 Å². The minimum Gasteiger partial charge on any atom is -0.272 e. The van der Waals surface area contributed by atoms with E-state index in [-0.39, 0.29) is 10.8 Å². The molecule has 2 N–H and O–H groups in total. The molecule has 1 heterocycles. The molecule has 28 heavy (non-hydrogen) atoms. The number of nitrogens with one attached hydrogen (secondary N) is 2. The first kappa shape index (κ1) is 21.4. The average molecular weight is 405 g/mol. The van der Waals surface area contributed by atoms with Gasteiger partial charge in [-0.05, 0) is 30.0 Å². The Morgan fingerprint density at radius 3 is 2.36 bits per heavy atom. The van der Waals surface area contributed by atoms with Gasteiger partial charge in [0, 0.05) is 19.7 Å². The smallest absolute Gasteiger partial charge is 0.272 e. The van der Waals surface area contributed by atoms with Crippen LogP contribution in [0.5, 0.6) is 0 Å². The number of aromatic nitrogens is 3. The van der Waals surface area contributed by atoms with E-state index in [2.05, 4.69) is 29.8 Å². The molecule has 0 fully saturated rings. The Morgan fingerprint density at radius 1 is 1.11 bits per heavy atom. The Labute approximate surface area is 166 Å². The van der Waals surface area contributed by atoms with E-state index in [1.165, 1.54) is 14.1 Å². The number of nitrogens with zero attached hydrogens (tertiary/aromatic N) is 3. The van der Waals surface area contributed by atoms with Crippen LogP contribution < -0.4 is 22.1 Å². The third kappa shape index (κ3) is 5.56. The highest BCUT2D eigenvalue weighted by atomic mass is 32.2. The highest BCUT2D eigenvalue weighted by Gasteiger charge is 2.13. The maximum Gasteiger partial charge on any atom is 0.346 e. The van der Waals surface area contributed by atoms with Crippen molar-refractivity contribution >= 4 is 23.6 Å². The summed E-state index contributed by atoms with van der Waals surface area (Å²) in [5.41, 5.74) is 5.06. The van der Waals surface area contributed by atoms with Crippen molar-refractivity contribution in [3.8, 4) is 0 Å². The monoisotopic (exact) mass is 405 g/mol. The van der Waals surface area contributed by atoms with Crippen LogP contribution in [0.3, 0.4) is 0 Å². The highest BCUT2D eigenvalue weighted by molar-refractivity contribution is 7.99. The molecule has 150 valence electrons. The van der Waals surface area contributed by atoms with Gasteiger partial charge in [-0.1, -0.05) is 37.7 Å². The molecule has 0 saturated heterocycles. The number of hydrazine groups is 1. The fraction of sp³-hybridized carbons (Fsp3) is 0.389. The summed E-state index contributed by atoms with van der Waals surface area (Å²) >= 11 is 0.880. The molecule has 0 unspecified atom stereocenters. The van der Waals surface area contributed by atoms with Gasteiger partial charge in [-0.2, -0.15) is 5.10 Å². The van der Waals surface area contributed by atoms with Gasteiger partial charge in [0.05, 0.1) is 5.75 Å². The molecular formula is C18H23N5O4S. The van der Waals surface area contributed by atoms with Crippen LogP contribution in [-0.2, 0) is 25.3 Å². The highest BCUT2D eigenvalue weighted by Crippen LogP contribution is 2.10. The van der Waals surface area contributed by atoms with Gasteiger partial charge >= 0.3 is 5.69 Å². The van der Waals surface area contributed by atoms with Crippen molar-refractivity contribution in [3.63, 3.8) is 0 Å². The van der Waals surface area contributed by atoms with Gasteiger partial charge in [-0.25, -0.2) is 9.48 Å². The molecule has 0 aliphatic heterocycles. The topological polar surface area (TPSA) is 115 Å². The lowest BCUT2D eigenvalue weighted by Crippen LogP contribution is -2.43. The zero-order chi connectivity index (χ0) is 20.8. The summed E-state index contributed by atoms with van der Waals surface area (Å²) in [5, 5.41) is 3.86. The molecule has 2 rings (SSSR count). The number of amides is 2. The predicted octanol–water partition coefficient (Wildman–Crippen LogP) is 0.231. The molecule has 10 heteroatoms. The van der Waals surface area contributed by atoms with Gasteiger partial charge in [0.25, 0.3) is 11.5 Å². The van der Waals surface area contributed by atoms with E-state index in [0.717, 1.165) is 33.0 Å². The maximum atomic E-state index is 12.1. The van der Waals surface area contributed by atoms with Crippen molar-refractivity contribution in [1.82, 2.24) is 25.2 Å². The Morgan fingerprint density at radius 2 is 1.75 bits per heavy atom. The Kier molecular flexibility index (Phi) is 7.16. The van der Waals surface area contributed by atoms with Crippen molar-refractivity contribution in [2.45, 2.75) is 25.3 Å². The van der Waals surface area contributed by atoms with Crippen molar-refractivity contribution in [2.24, 2.45) is 20.0 Å². The number of carbonyl (C=O) groups is 2. The van der Waals surface area contributed by atoms with E-state index in [4.69, 9.17) is 0 Å². The fourth-order valence-electron chi connectivity index (χ4n) is 2.39. The average Bonchev–Trinajstić information content (AvgIpc) is 2.66. The summed E-state index contributed by atoms with van der Waals surface area (Å²) in [4.78, 5) is 47.6. The molecule has 2 amide bonds. The number of rotatable bonds is 6. The summed E-state index contributed by atoms with van der Waals surface area (Å²) < 4.78 is 1.93. The van der Waals surface area contributed by atoms with E-state index >= 15 is 0 Å². The first-order valence-corrected chi connectivity index (χ1v) is 9.63. The van der Waals surface area contributed by atoms with Crippen LogP contribution >= 0.6 is 11.8 Å². The summed E-state index contributed by atoms with van der Waals surface area (Å²) in [6.07, 6.45) is 0.925. The molecular weight excluding hydrogens is 382 g/mol. The van der Waals surface area contributed by atoms with E-state index in [9.17, 15) is 19.2 Å². The summed E-state index contributed by atoms with van der Waals surface area (Å²) in [6.45, 7) is 4.24. The van der Waals surface area contributed by atoms with Crippen LogP contribution in [0.1, 0.15) is 29.8 Å².